The van der Waals surface area contributed by atoms with Gasteiger partial charge in [-0.25, -0.2) is 9.69 Å². The third kappa shape index (κ3) is 4.80. The van der Waals surface area contributed by atoms with Crippen molar-refractivity contribution in [1.29, 1.82) is 0 Å². The van der Waals surface area contributed by atoms with Crippen molar-refractivity contribution in [2.45, 2.75) is 8.68 Å². The van der Waals surface area contributed by atoms with Gasteiger partial charge in [-0.3, -0.25) is 9.59 Å². The zero-order chi connectivity index (χ0) is 17.6. The molecule has 130 valence electrons. The number of hydrogen-bond acceptors (Lipinski definition) is 9. The maximum absolute atomic E-state index is 12.1. The fourth-order valence-corrected chi connectivity index (χ4v) is 4.76. The first kappa shape index (κ1) is 17.9. The van der Waals surface area contributed by atoms with E-state index in [2.05, 4.69) is 10.2 Å². The van der Waals surface area contributed by atoms with Gasteiger partial charge in [0.1, 0.15) is 6.61 Å². The molecule has 1 saturated heterocycles. The van der Waals surface area contributed by atoms with Crippen molar-refractivity contribution in [1.82, 2.24) is 15.1 Å². The molecular weight excluding hydrogens is 382 g/mol. The topological polar surface area (TPSA) is 89.5 Å². The number of amides is 2. The summed E-state index contributed by atoms with van der Waals surface area (Å²) >= 11 is 3.85. The minimum absolute atomic E-state index is 0.0257. The Morgan fingerprint density at radius 1 is 1.12 bits per heavy atom. The first-order chi connectivity index (χ1) is 12.1. The third-order valence-electron chi connectivity index (χ3n) is 3.19. The summed E-state index contributed by atoms with van der Waals surface area (Å²) in [6.45, 7) is 0.529. The lowest BCUT2D eigenvalue weighted by atomic mass is 10.2. The van der Waals surface area contributed by atoms with Gasteiger partial charge in [0.15, 0.2) is 14.5 Å². The largest absolute Gasteiger partial charge is 0.447 e. The number of aromatic nitrogens is 2. The van der Waals surface area contributed by atoms with Gasteiger partial charge >= 0.3 is 6.09 Å². The first-order valence-electron chi connectivity index (χ1n) is 7.28. The van der Waals surface area contributed by atoms with Crippen molar-refractivity contribution in [3.8, 4) is 0 Å². The molecule has 2 amide bonds. The van der Waals surface area contributed by atoms with E-state index in [1.807, 2.05) is 18.2 Å². The van der Waals surface area contributed by atoms with E-state index in [9.17, 15) is 14.4 Å². The van der Waals surface area contributed by atoms with Crippen LogP contribution in [-0.4, -0.2) is 57.5 Å². The number of ketones is 1. The van der Waals surface area contributed by atoms with Crippen molar-refractivity contribution < 1.29 is 19.1 Å². The Kier molecular flexibility index (Phi) is 6.05. The van der Waals surface area contributed by atoms with Gasteiger partial charge in [-0.05, 0) is 0 Å². The molecule has 1 aromatic carbocycles. The predicted molar refractivity (Wildman–Crippen MR) is 95.2 cm³/mol. The molecule has 2 aromatic rings. The Morgan fingerprint density at radius 2 is 1.80 bits per heavy atom. The molecule has 0 radical (unpaired) electrons. The quantitative estimate of drug-likeness (QED) is 0.522. The molecule has 1 aromatic heterocycles. The van der Waals surface area contributed by atoms with Crippen molar-refractivity contribution >= 4 is 52.6 Å². The molecule has 0 atom stereocenters. The number of cyclic esters (lactones) is 1. The van der Waals surface area contributed by atoms with Gasteiger partial charge in [-0.1, -0.05) is 65.2 Å². The number of Topliss-reactive ketones (excluding diaryl/α,β-unsaturated/α-hetero) is 1. The minimum Gasteiger partial charge on any atom is -0.447 e. The van der Waals surface area contributed by atoms with Crippen LogP contribution in [0.2, 0.25) is 0 Å². The van der Waals surface area contributed by atoms with Crippen molar-refractivity contribution in [3.05, 3.63) is 35.9 Å². The molecule has 1 aliphatic heterocycles. The summed E-state index contributed by atoms with van der Waals surface area (Å²) < 4.78 is 6.02. The molecule has 2 heterocycles. The van der Waals surface area contributed by atoms with E-state index in [0.29, 0.717) is 14.2 Å². The van der Waals surface area contributed by atoms with Gasteiger partial charge in [0, 0.05) is 5.56 Å². The standard InChI is InChI=1S/C15H13N3O4S3/c19-11(10-4-2-1-3-5-10)8-23-13-16-17-14(25-13)24-9-12(20)18-6-7-22-15(18)21/h1-5H,6-9H2. The van der Waals surface area contributed by atoms with Crippen LogP contribution < -0.4 is 0 Å². The lowest BCUT2D eigenvalue weighted by Gasteiger charge is -2.08. The molecule has 1 aliphatic rings. The number of ether oxygens (including phenoxy) is 1. The van der Waals surface area contributed by atoms with Gasteiger partial charge in [-0.2, -0.15) is 0 Å². The molecule has 0 aliphatic carbocycles. The zero-order valence-electron chi connectivity index (χ0n) is 12.9. The van der Waals surface area contributed by atoms with E-state index in [1.165, 1.54) is 34.9 Å². The van der Waals surface area contributed by atoms with Gasteiger partial charge in [0.05, 0.1) is 18.1 Å². The lowest BCUT2D eigenvalue weighted by Crippen LogP contribution is -2.32. The SMILES string of the molecule is O=C(CSc1nnc(SCC(=O)N2CCOC2=O)s1)c1ccccc1. The number of benzene rings is 1. The third-order valence-corrected chi connectivity index (χ3v) is 6.37. The van der Waals surface area contributed by atoms with E-state index < -0.39 is 6.09 Å². The van der Waals surface area contributed by atoms with E-state index in [-0.39, 0.29) is 36.3 Å². The highest BCUT2D eigenvalue weighted by atomic mass is 32.2. The van der Waals surface area contributed by atoms with E-state index in [4.69, 9.17) is 4.74 Å². The molecule has 10 heteroatoms. The summed E-state index contributed by atoms with van der Waals surface area (Å²) in [4.78, 5) is 36.4. The fraction of sp³-hybridized carbons (Fsp3) is 0.267. The highest BCUT2D eigenvalue weighted by molar-refractivity contribution is 8.03. The smallest absolute Gasteiger partial charge is 0.416 e. The normalized spacial score (nSPS) is 13.8. The van der Waals surface area contributed by atoms with Crippen LogP contribution in [0.25, 0.3) is 0 Å². The summed E-state index contributed by atoms with van der Waals surface area (Å²) in [6.07, 6.45) is -0.599. The summed E-state index contributed by atoms with van der Waals surface area (Å²) in [5.41, 5.74) is 0.664. The van der Waals surface area contributed by atoms with Crippen LogP contribution in [0.4, 0.5) is 4.79 Å². The zero-order valence-corrected chi connectivity index (χ0v) is 15.4. The summed E-state index contributed by atoms with van der Waals surface area (Å²) in [5.74, 6) is 0.0908. The maximum Gasteiger partial charge on any atom is 0.416 e. The van der Waals surface area contributed by atoms with Gasteiger partial charge in [-0.15, -0.1) is 10.2 Å². The van der Waals surface area contributed by atoms with Crippen LogP contribution in [0.15, 0.2) is 39.0 Å². The Balaban J connectivity index is 1.47. The second kappa shape index (κ2) is 8.45. The Hall–Kier alpha value is -1.91. The molecule has 0 N–H and O–H groups in total. The second-order valence-electron chi connectivity index (χ2n) is 4.86. The Labute approximate surface area is 156 Å². The highest BCUT2D eigenvalue weighted by Crippen LogP contribution is 2.29. The molecule has 0 saturated carbocycles. The molecule has 0 unspecified atom stereocenters. The number of hydrogen-bond donors (Lipinski definition) is 0. The molecular formula is C15H13N3O4S3. The lowest BCUT2D eigenvalue weighted by molar-refractivity contribution is -0.125. The second-order valence-corrected chi connectivity index (χ2v) is 8.28. The minimum atomic E-state index is -0.599. The molecule has 3 rings (SSSR count). The number of nitrogens with zero attached hydrogens (tertiary/aromatic N) is 3. The van der Waals surface area contributed by atoms with Crippen molar-refractivity contribution in [2.24, 2.45) is 0 Å². The van der Waals surface area contributed by atoms with Crippen molar-refractivity contribution in [2.75, 3.05) is 24.7 Å². The van der Waals surface area contributed by atoms with Crippen LogP contribution in [-0.2, 0) is 9.53 Å². The highest BCUT2D eigenvalue weighted by Gasteiger charge is 2.28. The molecule has 0 bridgehead atoms. The Morgan fingerprint density at radius 3 is 2.44 bits per heavy atom. The predicted octanol–water partition coefficient (Wildman–Crippen LogP) is 2.58. The molecule has 25 heavy (non-hydrogen) atoms. The summed E-state index contributed by atoms with van der Waals surface area (Å²) in [5, 5.41) is 8.01. The molecule has 1 fully saturated rings. The van der Waals surface area contributed by atoms with Gasteiger partial charge < -0.3 is 4.74 Å². The number of carbonyl (C=O) groups excluding carboxylic acids is 3. The van der Waals surface area contributed by atoms with Crippen LogP contribution in [0.5, 0.6) is 0 Å². The molecule has 0 spiro atoms. The van der Waals surface area contributed by atoms with Crippen LogP contribution >= 0.6 is 34.9 Å². The summed E-state index contributed by atoms with van der Waals surface area (Å²) in [6, 6.07) is 9.06. The van der Waals surface area contributed by atoms with Crippen LogP contribution in [0.3, 0.4) is 0 Å². The number of carbonyl (C=O) groups is 3. The fourth-order valence-electron chi connectivity index (χ4n) is 1.97. The Bertz CT molecular complexity index is 781. The molecule has 7 nitrogen and oxygen atoms in total. The van der Waals surface area contributed by atoms with E-state index >= 15 is 0 Å². The number of thioether (sulfide) groups is 2. The van der Waals surface area contributed by atoms with E-state index in [1.54, 1.807) is 12.1 Å². The summed E-state index contributed by atoms with van der Waals surface area (Å²) in [7, 11) is 0. The average molecular weight is 395 g/mol. The van der Waals surface area contributed by atoms with Crippen LogP contribution in [0.1, 0.15) is 10.4 Å². The number of rotatable bonds is 7. The number of imide groups is 1. The van der Waals surface area contributed by atoms with Crippen LogP contribution in [0, 0.1) is 0 Å². The first-order valence-corrected chi connectivity index (χ1v) is 10.1. The van der Waals surface area contributed by atoms with E-state index in [0.717, 1.165) is 4.90 Å². The maximum atomic E-state index is 12.1. The average Bonchev–Trinajstić information content (AvgIpc) is 3.27. The van der Waals surface area contributed by atoms with Gasteiger partial charge in [0.2, 0.25) is 5.91 Å². The van der Waals surface area contributed by atoms with Crippen molar-refractivity contribution in [3.63, 3.8) is 0 Å². The monoisotopic (exact) mass is 395 g/mol. The van der Waals surface area contributed by atoms with Gasteiger partial charge in [0.25, 0.3) is 0 Å².